The highest BCUT2D eigenvalue weighted by Gasteiger charge is 2.22. The molecule has 140 valence electrons. The van der Waals surface area contributed by atoms with Gasteiger partial charge in [-0.05, 0) is 35.4 Å². The van der Waals surface area contributed by atoms with Gasteiger partial charge in [-0.3, -0.25) is 14.6 Å². The molecule has 3 rings (SSSR count). The molecule has 2 heterocycles. The number of aliphatic hydroxyl groups excluding tert-OH is 1. The van der Waals surface area contributed by atoms with Gasteiger partial charge >= 0.3 is 0 Å². The zero-order valence-electron chi connectivity index (χ0n) is 15.1. The van der Waals surface area contributed by atoms with Crippen molar-refractivity contribution in [3.8, 4) is 0 Å². The Bertz CT molecular complexity index is 812. The fraction of sp³-hybridized carbons (Fsp3) is 0.286. The summed E-state index contributed by atoms with van der Waals surface area (Å²) < 4.78 is 0. The van der Waals surface area contributed by atoms with Gasteiger partial charge in [0.05, 0.1) is 6.42 Å². The van der Waals surface area contributed by atoms with E-state index in [0.717, 1.165) is 29.9 Å². The highest BCUT2D eigenvalue weighted by molar-refractivity contribution is 5.95. The third-order valence-corrected chi connectivity index (χ3v) is 4.59. The summed E-state index contributed by atoms with van der Waals surface area (Å²) >= 11 is 0. The Morgan fingerprint density at radius 3 is 2.56 bits per heavy atom. The first-order valence-corrected chi connectivity index (χ1v) is 9.00. The van der Waals surface area contributed by atoms with E-state index in [1.165, 1.54) is 6.08 Å². The number of benzene rings is 1. The van der Waals surface area contributed by atoms with Crippen molar-refractivity contribution >= 4 is 23.5 Å². The van der Waals surface area contributed by atoms with Crippen LogP contribution in [0.15, 0.2) is 54.9 Å². The van der Waals surface area contributed by atoms with Gasteiger partial charge in [0.2, 0.25) is 5.91 Å². The van der Waals surface area contributed by atoms with Crippen LogP contribution in [0.1, 0.15) is 11.1 Å². The number of piperazine rings is 1. The van der Waals surface area contributed by atoms with E-state index < -0.39 is 6.61 Å². The van der Waals surface area contributed by atoms with Crippen LogP contribution < -0.4 is 4.90 Å². The Kier molecular flexibility index (Phi) is 6.33. The van der Waals surface area contributed by atoms with Crippen molar-refractivity contribution in [2.45, 2.75) is 6.42 Å². The Morgan fingerprint density at radius 1 is 1.07 bits per heavy atom. The van der Waals surface area contributed by atoms with Gasteiger partial charge in [-0.15, -0.1) is 0 Å². The van der Waals surface area contributed by atoms with Gasteiger partial charge in [0.1, 0.15) is 6.61 Å². The van der Waals surface area contributed by atoms with Crippen molar-refractivity contribution in [1.82, 2.24) is 9.88 Å². The Morgan fingerprint density at radius 2 is 1.85 bits per heavy atom. The van der Waals surface area contributed by atoms with Crippen LogP contribution in [0.5, 0.6) is 0 Å². The lowest BCUT2D eigenvalue weighted by molar-refractivity contribution is -0.130. The summed E-state index contributed by atoms with van der Waals surface area (Å²) in [6.07, 6.45) is 6.92. The molecule has 1 aliphatic rings. The summed E-state index contributed by atoms with van der Waals surface area (Å²) in [5, 5.41) is 8.87. The number of nitrogens with zero attached hydrogens (tertiary/aromatic N) is 3. The monoisotopic (exact) mass is 365 g/mol. The molecule has 1 aromatic carbocycles. The van der Waals surface area contributed by atoms with Gasteiger partial charge in [-0.2, -0.15) is 0 Å². The minimum Gasteiger partial charge on any atom is -0.388 e. The van der Waals surface area contributed by atoms with Crippen molar-refractivity contribution in [3.63, 3.8) is 0 Å². The SMILES string of the molecule is O=C(/C=C/c1ccccc1N1CCN(C(=O)Cc2cccnc2)CC1)CO. The Labute approximate surface area is 158 Å². The lowest BCUT2D eigenvalue weighted by atomic mass is 10.1. The number of pyridine rings is 1. The van der Waals surface area contributed by atoms with Crippen molar-refractivity contribution in [3.05, 3.63) is 66.0 Å². The van der Waals surface area contributed by atoms with Crippen LogP contribution in [0.3, 0.4) is 0 Å². The number of rotatable bonds is 6. The van der Waals surface area contributed by atoms with Crippen molar-refractivity contribution in [2.75, 3.05) is 37.7 Å². The quantitative estimate of drug-likeness (QED) is 0.787. The third-order valence-electron chi connectivity index (χ3n) is 4.59. The molecule has 1 N–H and O–H groups in total. The number of para-hydroxylation sites is 1. The summed E-state index contributed by atoms with van der Waals surface area (Å²) in [5.41, 5.74) is 2.88. The van der Waals surface area contributed by atoms with Gasteiger partial charge in [0, 0.05) is 44.3 Å². The molecular weight excluding hydrogens is 342 g/mol. The van der Waals surface area contributed by atoms with Crippen LogP contribution in [-0.4, -0.2) is 59.5 Å². The van der Waals surface area contributed by atoms with Gasteiger partial charge in [0.25, 0.3) is 0 Å². The van der Waals surface area contributed by atoms with Crippen molar-refractivity contribution in [2.24, 2.45) is 0 Å². The van der Waals surface area contributed by atoms with Crippen LogP contribution in [0.25, 0.3) is 6.08 Å². The minimum absolute atomic E-state index is 0.115. The van der Waals surface area contributed by atoms with Gasteiger partial charge in [-0.1, -0.05) is 24.3 Å². The molecule has 1 fully saturated rings. The van der Waals surface area contributed by atoms with Crippen LogP contribution >= 0.6 is 0 Å². The molecule has 6 nitrogen and oxygen atoms in total. The summed E-state index contributed by atoms with van der Waals surface area (Å²) in [5.74, 6) is -0.208. The molecule has 1 amide bonds. The maximum absolute atomic E-state index is 12.5. The molecule has 1 aromatic heterocycles. The molecule has 1 aliphatic heterocycles. The Balaban J connectivity index is 1.62. The fourth-order valence-corrected chi connectivity index (χ4v) is 3.14. The topological polar surface area (TPSA) is 73.7 Å². The number of anilines is 1. The maximum atomic E-state index is 12.5. The van der Waals surface area contributed by atoms with Crippen molar-refractivity contribution in [1.29, 1.82) is 0 Å². The van der Waals surface area contributed by atoms with E-state index in [1.54, 1.807) is 18.5 Å². The van der Waals surface area contributed by atoms with Crippen LogP contribution in [0.4, 0.5) is 5.69 Å². The number of carbonyl (C=O) groups is 2. The second-order valence-electron chi connectivity index (χ2n) is 6.42. The molecule has 0 aliphatic carbocycles. The third kappa shape index (κ3) is 5.01. The lowest BCUT2D eigenvalue weighted by Gasteiger charge is -2.37. The first-order chi connectivity index (χ1) is 13.2. The molecule has 6 heteroatoms. The molecule has 0 saturated carbocycles. The number of hydrogen-bond acceptors (Lipinski definition) is 5. The number of ketones is 1. The zero-order chi connectivity index (χ0) is 19.1. The predicted octanol–water partition coefficient (Wildman–Crippen LogP) is 1.55. The minimum atomic E-state index is -0.490. The second-order valence-corrected chi connectivity index (χ2v) is 6.42. The summed E-state index contributed by atoms with van der Waals surface area (Å²) in [4.78, 5) is 32.0. The predicted molar refractivity (Wildman–Crippen MR) is 104 cm³/mol. The van der Waals surface area contributed by atoms with Crippen molar-refractivity contribution < 1.29 is 14.7 Å². The largest absolute Gasteiger partial charge is 0.388 e. The molecule has 0 bridgehead atoms. The molecule has 2 aromatic rings. The summed E-state index contributed by atoms with van der Waals surface area (Å²) in [6.45, 7) is 2.30. The molecule has 0 spiro atoms. The average Bonchev–Trinajstić information content (AvgIpc) is 2.73. The van der Waals surface area contributed by atoms with E-state index in [0.29, 0.717) is 19.5 Å². The molecular formula is C21H23N3O3. The zero-order valence-corrected chi connectivity index (χ0v) is 15.1. The molecule has 1 saturated heterocycles. The van der Waals surface area contributed by atoms with E-state index in [2.05, 4.69) is 9.88 Å². The highest BCUT2D eigenvalue weighted by Crippen LogP contribution is 2.23. The van der Waals surface area contributed by atoms with Crippen LogP contribution in [-0.2, 0) is 16.0 Å². The standard InChI is InChI=1S/C21H23N3O3/c25-16-19(26)8-7-18-5-1-2-6-20(18)23-10-12-24(13-11-23)21(27)14-17-4-3-9-22-15-17/h1-9,15,25H,10-14,16H2/b8-7+. The smallest absolute Gasteiger partial charge is 0.227 e. The summed E-state index contributed by atoms with van der Waals surface area (Å²) in [7, 11) is 0. The number of hydrogen-bond donors (Lipinski definition) is 1. The molecule has 0 unspecified atom stereocenters. The van der Waals surface area contributed by atoms with E-state index in [-0.39, 0.29) is 11.7 Å². The summed E-state index contributed by atoms with van der Waals surface area (Å²) in [6, 6.07) is 11.6. The maximum Gasteiger partial charge on any atom is 0.227 e. The van der Waals surface area contributed by atoms with E-state index >= 15 is 0 Å². The lowest BCUT2D eigenvalue weighted by Crippen LogP contribution is -2.49. The number of carbonyl (C=O) groups excluding carboxylic acids is 2. The van der Waals surface area contributed by atoms with Gasteiger partial charge in [0.15, 0.2) is 5.78 Å². The van der Waals surface area contributed by atoms with Crippen LogP contribution in [0, 0.1) is 0 Å². The number of aromatic nitrogens is 1. The van der Waals surface area contributed by atoms with E-state index in [9.17, 15) is 9.59 Å². The fourth-order valence-electron chi connectivity index (χ4n) is 3.14. The first-order valence-electron chi connectivity index (χ1n) is 9.00. The average molecular weight is 365 g/mol. The Hall–Kier alpha value is -2.99. The highest BCUT2D eigenvalue weighted by atomic mass is 16.3. The van der Waals surface area contributed by atoms with Gasteiger partial charge < -0.3 is 14.9 Å². The molecule has 0 atom stereocenters. The van der Waals surface area contributed by atoms with E-state index in [4.69, 9.17) is 5.11 Å². The number of amides is 1. The molecule has 0 radical (unpaired) electrons. The molecule has 27 heavy (non-hydrogen) atoms. The van der Waals surface area contributed by atoms with Crippen LogP contribution in [0.2, 0.25) is 0 Å². The first kappa shape index (κ1) is 18.8. The normalized spacial score (nSPS) is 14.6. The number of aliphatic hydroxyl groups is 1. The second kappa shape index (κ2) is 9.09. The van der Waals surface area contributed by atoms with Gasteiger partial charge in [-0.25, -0.2) is 0 Å². The van der Waals surface area contributed by atoms with E-state index in [1.807, 2.05) is 41.3 Å².